The van der Waals surface area contributed by atoms with Gasteiger partial charge in [-0.2, -0.15) is 0 Å². The van der Waals surface area contributed by atoms with Crippen molar-refractivity contribution in [2.24, 2.45) is 0 Å². The van der Waals surface area contributed by atoms with E-state index in [1.807, 2.05) is 0 Å². The lowest BCUT2D eigenvalue weighted by Crippen LogP contribution is -2.32. The molecule has 2 aromatic heterocycles. The molecule has 0 saturated heterocycles. The van der Waals surface area contributed by atoms with Crippen molar-refractivity contribution in [2.45, 2.75) is 6.04 Å². The Bertz CT molecular complexity index is 1530. The van der Waals surface area contributed by atoms with Gasteiger partial charge >= 0.3 is 0 Å². The molecule has 1 aliphatic rings. The monoisotopic (exact) mass is 496 g/mol. The Morgan fingerprint density at radius 2 is 1.89 bits per heavy atom. The summed E-state index contributed by atoms with van der Waals surface area (Å²) < 4.78 is 39.7. The lowest BCUT2D eigenvalue weighted by atomic mass is 9.95. The third kappa shape index (κ3) is 3.70. The number of fused-ring (bicyclic) bond motifs is 1. The minimum Gasteiger partial charge on any atom is -0.503 e. The molecule has 176 valence electrons. The number of benzene rings is 2. The van der Waals surface area contributed by atoms with E-state index < -0.39 is 40.8 Å². The number of nitrogens with zero attached hydrogens (tertiary/aromatic N) is 2. The van der Waals surface area contributed by atoms with Crippen molar-refractivity contribution in [2.75, 3.05) is 12.0 Å². The van der Waals surface area contributed by atoms with Gasteiger partial charge in [0, 0.05) is 34.9 Å². The van der Waals surface area contributed by atoms with Gasteiger partial charge in [-0.15, -0.1) is 0 Å². The molecule has 1 N–H and O–H groups in total. The van der Waals surface area contributed by atoms with Crippen molar-refractivity contribution >= 4 is 39.9 Å². The summed E-state index contributed by atoms with van der Waals surface area (Å²) in [6, 6.07) is 8.73. The average molecular weight is 497 g/mol. The third-order valence-corrected chi connectivity index (χ3v) is 5.85. The predicted octanol–water partition coefficient (Wildman–Crippen LogP) is 5.55. The second kappa shape index (κ2) is 8.52. The smallest absolute Gasteiger partial charge is 0.294 e. The molecule has 0 bridgehead atoms. The molecule has 0 spiro atoms. The van der Waals surface area contributed by atoms with Crippen molar-refractivity contribution in [3.8, 4) is 5.75 Å². The summed E-state index contributed by atoms with van der Waals surface area (Å²) in [6.45, 7) is 0. The van der Waals surface area contributed by atoms with E-state index in [1.165, 1.54) is 43.8 Å². The van der Waals surface area contributed by atoms with Crippen molar-refractivity contribution in [3.63, 3.8) is 0 Å². The van der Waals surface area contributed by atoms with Crippen LogP contribution >= 0.6 is 11.6 Å². The summed E-state index contributed by atoms with van der Waals surface area (Å²) in [5.74, 6) is -4.46. The number of Topliss-reactive ketones (excluding diaryl/α,β-unsaturated/α-hetero) is 1. The maximum Gasteiger partial charge on any atom is 0.294 e. The minimum absolute atomic E-state index is 0.212. The molecule has 5 rings (SSSR count). The Morgan fingerprint density at radius 1 is 1.14 bits per heavy atom. The van der Waals surface area contributed by atoms with Crippen LogP contribution in [0.3, 0.4) is 0 Å². The largest absolute Gasteiger partial charge is 0.503 e. The highest BCUT2D eigenvalue weighted by atomic mass is 35.5. The molecule has 1 aliphatic heterocycles. The lowest BCUT2D eigenvalue weighted by Gasteiger charge is -2.27. The van der Waals surface area contributed by atoms with Crippen LogP contribution in [0.25, 0.3) is 11.0 Å². The fourth-order valence-corrected chi connectivity index (χ4v) is 4.32. The number of halogens is 3. The summed E-state index contributed by atoms with van der Waals surface area (Å²) in [6.07, 6.45) is 2.82. The second-order valence-corrected chi connectivity index (χ2v) is 8.12. The van der Waals surface area contributed by atoms with Crippen molar-refractivity contribution in [3.05, 3.63) is 100 Å². The molecule has 0 fully saturated rings. The first-order valence-corrected chi connectivity index (χ1v) is 10.6. The number of aliphatic hydroxyl groups excluding tert-OH is 1. The number of hydrogen-bond acceptors (Lipinski definition) is 6. The van der Waals surface area contributed by atoms with Crippen LogP contribution < -0.4 is 9.64 Å². The van der Waals surface area contributed by atoms with Gasteiger partial charge in [0.25, 0.3) is 5.91 Å². The van der Waals surface area contributed by atoms with E-state index in [-0.39, 0.29) is 22.7 Å². The Labute approximate surface area is 201 Å². The van der Waals surface area contributed by atoms with Crippen molar-refractivity contribution < 1.29 is 32.6 Å². The maximum absolute atomic E-state index is 14.7. The molecule has 35 heavy (non-hydrogen) atoms. The minimum atomic E-state index is -1.28. The second-order valence-electron chi connectivity index (χ2n) is 7.68. The molecule has 0 radical (unpaired) electrons. The van der Waals surface area contributed by atoms with Crippen LogP contribution in [0.2, 0.25) is 5.02 Å². The van der Waals surface area contributed by atoms with Gasteiger partial charge in [0.2, 0.25) is 5.78 Å². The number of hydrogen-bond donors (Lipinski definition) is 1. The molecule has 0 aliphatic carbocycles. The fourth-order valence-electron chi connectivity index (χ4n) is 4.10. The molecular formula is C25H15ClF2N2O5. The van der Waals surface area contributed by atoms with Crippen LogP contribution in [-0.2, 0) is 4.79 Å². The maximum atomic E-state index is 14.7. The summed E-state index contributed by atoms with van der Waals surface area (Å²) >= 11 is 6.10. The molecule has 1 unspecified atom stereocenters. The molecule has 1 amide bonds. The van der Waals surface area contributed by atoms with E-state index in [2.05, 4.69) is 4.98 Å². The Balaban J connectivity index is 1.68. The number of methoxy groups -OCH3 is 1. The number of rotatable bonds is 5. The van der Waals surface area contributed by atoms with Gasteiger partial charge in [0.05, 0.1) is 24.4 Å². The molecule has 7 nitrogen and oxygen atoms in total. The number of aromatic nitrogens is 1. The van der Waals surface area contributed by atoms with E-state index in [1.54, 1.807) is 6.07 Å². The first kappa shape index (κ1) is 22.5. The first-order chi connectivity index (χ1) is 16.8. The summed E-state index contributed by atoms with van der Waals surface area (Å²) in [7, 11) is 1.41. The lowest BCUT2D eigenvalue weighted by molar-refractivity contribution is -0.117. The van der Waals surface area contributed by atoms with E-state index >= 15 is 0 Å². The summed E-state index contributed by atoms with van der Waals surface area (Å²) in [5, 5.41) is 11.6. The van der Waals surface area contributed by atoms with E-state index in [0.29, 0.717) is 16.0 Å². The number of ketones is 1. The number of anilines is 1. The Morgan fingerprint density at radius 3 is 2.60 bits per heavy atom. The number of amides is 1. The highest BCUT2D eigenvalue weighted by molar-refractivity contribution is 6.31. The normalized spacial score (nSPS) is 15.8. The van der Waals surface area contributed by atoms with Crippen molar-refractivity contribution in [1.82, 2.24) is 4.98 Å². The van der Waals surface area contributed by atoms with Gasteiger partial charge in [0.15, 0.2) is 22.9 Å². The molecule has 4 aromatic rings. The van der Waals surface area contributed by atoms with Gasteiger partial charge in [0.1, 0.15) is 11.6 Å². The van der Waals surface area contributed by atoms with Crippen LogP contribution in [0.4, 0.5) is 14.5 Å². The predicted molar refractivity (Wildman–Crippen MR) is 123 cm³/mol. The standard InChI is InChI=1S/C25H15ClF2N2O5/c1-34-19-10-14(26)8-13-9-18(35-24(13)19)22(31)20-21(12-4-6-29-7-5-12)30(25(33)23(20)32)17-11-15(27)2-3-16(17)28/h2-11,21,32H,1H3. The summed E-state index contributed by atoms with van der Waals surface area (Å²) in [4.78, 5) is 31.5. The van der Waals surface area contributed by atoms with Crippen LogP contribution in [-0.4, -0.2) is 28.9 Å². The SMILES string of the molecule is COc1cc(Cl)cc2cc(C(=O)C3=C(O)C(=O)N(c4cc(F)ccc4F)C3c3ccncc3)oc12. The van der Waals surface area contributed by atoms with Crippen LogP contribution in [0, 0.1) is 11.6 Å². The van der Waals surface area contributed by atoms with Gasteiger partial charge in [-0.3, -0.25) is 19.5 Å². The quantitative estimate of drug-likeness (QED) is 0.364. The van der Waals surface area contributed by atoms with Gasteiger partial charge in [-0.1, -0.05) is 11.6 Å². The highest BCUT2D eigenvalue weighted by Crippen LogP contribution is 2.43. The Hall–Kier alpha value is -4.24. The average Bonchev–Trinajstić information content (AvgIpc) is 3.39. The summed E-state index contributed by atoms with van der Waals surface area (Å²) in [5.41, 5.74) is -0.238. The van der Waals surface area contributed by atoms with Gasteiger partial charge in [-0.05, 0) is 42.0 Å². The molecule has 1 atom stereocenters. The molecular weight excluding hydrogens is 482 g/mol. The van der Waals surface area contributed by atoms with Crippen molar-refractivity contribution in [1.29, 1.82) is 0 Å². The van der Waals surface area contributed by atoms with Crippen LogP contribution in [0.5, 0.6) is 5.75 Å². The van der Waals surface area contributed by atoms with Gasteiger partial charge in [-0.25, -0.2) is 8.78 Å². The van der Waals surface area contributed by atoms with E-state index in [9.17, 15) is 23.5 Å². The number of carbonyl (C=O) groups excluding carboxylic acids is 2. The zero-order valence-corrected chi connectivity index (χ0v) is 18.7. The molecule has 3 heterocycles. The molecule has 0 saturated carbocycles. The third-order valence-electron chi connectivity index (χ3n) is 5.63. The number of furan rings is 1. The van der Waals surface area contributed by atoms with Crippen LogP contribution in [0.15, 0.2) is 76.7 Å². The molecule has 2 aromatic carbocycles. The van der Waals surface area contributed by atoms with E-state index in [0.717, 1.165) is 23.1 Å². The molecule has 10 heteroatoms. The number of pyridine rings is 1. The van der Waals surface area contributed by atoms with E-state index in [4.69, 9.17) is 20.8 Å². The number of carbonyl (C=O) groups is 2. The highest BCUT2D eigenvalue weighted by Gasteiger charge is 2.46. The van der Waals surface area contributed by atoms with Crippen LogP contribution in [0.1, 0.15) is 22.2 Å². The Kier molecular flexibility index (Phi) is 5.49. The zero-order valence-electron chi connectivity index (χ0n) is 18.0. The number of aliphatic hydroxyl groups is 1. The zero-order chi connectivity index (χ0) is 24.9. The topological polar surface area (TPSA) is 92.9 Å². The number of ether oxygens (including phenoxy) is 1. The fraction of sp³-hybridized carbons (Fsp3) is 0.0800. The first-order valence-electron chi connectivity index (χ1n) is 10.2. The van der Waals surface area contributed by atoms with Gasteiger partial charge < -0.3 is 14.3 Å².